The van der Waals surface area contributed by atoms with Gasteiger partial charge in [0.1, 0.15) is 5.82 Å². The SMILES string of the molecule is CC(C)(C)c1ccc(S(=O)(=O)N2CCC[C@@](C)(C(=O)NCc3cccc(F)c3)C2)cc1. The highest BCUT2D eigenvalue weighted by Crippen LogP contribution is 2.33. The fourth-order valence-corrected chi connectivity index (χ4v) is 5.50. The summed E-state index contributed by atoms with van der Waals surface area (Å²) in [5, 5.41) is 2.85. The Balaban J connectivity index is 1.72. The van der Waals surface area contributed by atoms with Gasteiger partial charge in [-0.15, -0.1) is 0 Å². The molecule has 2 aromatic rings. The molecular formula is C24H31FN2O3S. The molecule has 1 amide bonds. The third-order valence-electron chi connectivity index (χ3n) is 5.91. The van der Waals surface area contributed by atoms with Gasteiger partial charge in [0.15, 0.2) is 0 Å². The molecule has 1 aliphatic heterocycles. The smallest absolute Gasteiger partial charge is 0.243 e. The monoisotopic (exact) mass is 446 g/mol. The summed E-state index contributed by atoms with van der Waals surface area (Å²) in [6.07, 6.45) is 1.19. The van der Waals surface area contributed by atoms with E-state index in [0.29, 0.717) is 24.9 Å². The second-order valence-corrected chi connectivity index (χ2v) is 11.5. The Hall–Kier alpha value is -2.25. The number of halogens is 1. The standard InChI is InChI=1S/C24H31FN2O3S/c1-23(2,3)19-9-11-21(12-10-19)31(29,30)27-14-6-13-24(4,17-27)22(28)26-16-18-7-5-8-20(25)15-18/h5,7-12,15H,6,13-14,16-17H2,1-4H3,(H,26,28)/t24-/m1/s1. The Morgan fingerprint density at radius 2 is 1.84 bits per heavy atom. The van der Waals surface area contributed by atoms with Crippen LogP contribution in [0.25, 0.3) is 0 Å². The van der Waals surface area contributed by atoms with Gasteiger partial charge in [-0.05, 0) is 60.6 Å². The van der Waals surface area contributed by atoms with Gasteiger partial charge in [0.05, 0.1) is 10.3 Å². The first-order valence-corrected chi connectivity index (χ1v) is 12.0. The van der Waals surface area contributed by atoms with Crippen LogP contribution in [0.1, 0.15) is 51.7 Å². The average Bonchev–Trinajstić information content (AvgIpc) is 2.71. The van der Waals surface area contributed by atoms with Gasteiger partial charge in [-0.3, -0.25) is 4.79 Å². The van der Waals surface area contributed by atoms with Crippen molar-refractivity contribution in [2.75, 3.05) is 13.1 Å². The van der Waals surface area contributed by atoms with E-state index in [1.165, 1.54) is 16.4 Å². The molecule has 1 atom stereocenters. The summed E-state index contributed by atoms with van der Waals surface area (Å²) >= 11 is 0. The van der Waals surface area contributed by atoms with Crippen LogP contribution in [0.4, 0.5) is 4.39 Å². The minimum atomic E-state index is -3.70. The Labute approximate surface area is 184 Å². The maximum atomic E-state index is 13.4. The quantitative estimate of drug-likeness (QED) is 0.747. The van der Waals surface area contributed by atoms with E-state index in [2.05, 4.69) is 26.1 Å². The predicted octanol–water partition coefficient (Wildman–Crippen LogP) is 4.23. The second-order valence-electron chi connectivity index (χ2n) is 9.59. The summed E-state index contributed by atoms with van der Waals surface area (Å²) in [6, 6.07) is 13.1. The van der Waals surface area contributed by atoms with E-state index in [4.69, 9.17) is 0 Å². The number of hydrogen-bond acceptors (Lipinski definition) is 3. The van der Waals surface area contributed by atoms with Crippen molar-refractivity contribution in [2.45, 2.75) is 57.4 Å². The average molecular weight is 447 g/mol. The van der Waals surface area contributed by atoms with Crippen LogP contribution in [-0.4, -0.2) is 31.7 Å². The Morgan fingerprint density at radius 1 is 1.16 bits per heavy atom. The first kappa shape index (κ1) is 23.4. The first-order chi connectivity index (χ1) is 14.4. The fraction of sp³-hybridized carbons (Fsp3) is 0.458. The molecule has 0 unspecified atom stereocenters. The van der Waals surface area contributed by atoms with Crippen LogP contribution < -0.4 is 5.32 Å². The van der Waals surface area contributed by atoms with Crippen molar-refractivity contribution >= 4 is 15.9 Å². The van der Waals surface area contributed by atoms with Crippen LogP contribution in [0.15, 0.2) is 53.4 Å². The molecule has 1 saturated heterocycles. The van der Waals surface area contributed by atoms with Crippen LogP contribution in [0.3, 0.4) is 0 Å². The van der Waals surface area contributed by atoms with Gasteiger partial charge in [-0.2, -0.15) is 4.31 Å². The molecule has 31 heavy (non-hydrogen) atoms. The summed E-state index contributed by atoms with van der Waals surface area (Å²) in [4.78, 5) is 13.2. The van der Waals surface area contributed by atoms with Crippen molar-refractivity contribution in [3.63, 3.8) is 0 Å². The largest absolute Gasteiger partial charge is 0.352 e. The zero-order chi connectivity index (χ0) is 22.9. The fourth-order valence-electron chi connectivity index (χ4n) is 3.90. The number of nitrogens with zero attached hydrogens (tertiary/aromatic N) is 1. The van der Waals surface area contributed by atoms with Gasteiger partial charge >= 0.3 is 0 Å². The van der Waals surface area contributed by atoms with E-state index in [9.17, 15) is 17.6 Å². The summed E-state index contributed by atoms with van der Waals surface area (Å²) in [6.45, 7) is 8.73. The highest BCUT2D eigenvalue weighted by molar-refractivity contribution is 7.89. The third-order valence-corrected chi connectivity index (χ3v) is 7.77. The maximum absolute atomic E-state index is 13.4. The number of nitrogens with one attached hydrogen (secondary N) is 1. The van der Waals surface area contributed by atoms with Gasteiger partial charge in [0.25, 0.3) is 0 Å². The molecule has 0 bridgehead atoms. The van der Waals surface area contributed by atoms with Gasteiger partial charge < -0.3 is 5.32 Å². The van der Waals surface area contributed by atoms with Crippen LogP contribution >= 0.6 is 0 Å². The van der Waals surface area contributed by atoms with Crippen molar-refractivity contribution in [3.8, 4) is 0 Å². The van der Waals surface area contributed by atoms with Gasteiger partial charge in [-0.1, -0.05) is 45.0 Å². The van der Waals surface area contributed by atoms with Crippen LogP contribution in [0.2, 0.25) is 0 Å². The molecular weight excluding hydrogens is 415 g/mol. The minimum absolute atomic E-state index is 0.0637. The molecule has 5 nitrogen and oxygen atoms in total. The van der Waals surface area contributed by atoms with Crippen LogP contribution in [0.5, 0.6) is 0 Å². The highest BCUT2D eigenvalue weighted by atomic mass is 32.2. The lowest BCUT2D eigenvalue weighted by molar-refractivity contribution is -0.132. The number of amides is 1. The number of benzene rings is 2. The molecule has 1 fully saturated rings. The zero-order valence-corrected chi connectivity index (χ0v) is 19.4. The zero-order valence-electron chi connectivity index (χ0n) is 18.6. The molecule has 1 N–H and O–H groups in total. The molecule has 3 rings (SSSR count). The van der Waals surface area contributed by atoms with E-state index in [-0.39, 0.29) is 35.1 Å². The molecule has 1 heterocycles. The van der Waals surface area contributed by atoms with Gasteiger partial charge in [0.2, 0.25) is 15.9 Å². The van der Waals surface area contributed by atoms with E-state index in [0.717, 1.165) is 5.56 Å². The van der Waals surface area contributed by atoms with Crippen LogP contribution in [0, 0.1) is 11.2 Å². The number of hydrogen-bond donors (Lipinski definition) is 1. The number of carbonyl (C=O) groups is 1. The molecule has 0 aliphatic carbocycles. The van der Waals surface area contributed by atoms with E-state index >= 15 is 0 Å². The number of piperidine rings is 1. The van der Waals surface area contributed by atoms with Crippen molar-refractivity contribution < 1.29 is 17.6 Å². The molecule has 0 spiro atoms. The summed E-state index contributed by atoms with van der Waals surface area (Å²) in [5.74, 6) is -0.579. The van der Waals surface area contributed by atoms with Crippen molar-refractivity contribution in [2.24, 2.45) is 5.41 Å². The lowest BCUT2D eigenvalue weighted by Gasteiger charge is -2.38. The van der Waals surface area contributed by atoms with Gasteiger partial charge in [0, 0.05) is 19.6 Å². The lowest BCUT2D eigenvalue weighted by atomic mass is 9.82. The van der Waals surface area contributed by atoms with Crippen molar-refractivity contribution in [3.05, 3.63) is 65.5 Å². The van der Waals surface area contributed by atoms with E-state index in [1.54, 1.807) is 31.2 Å². The molecule has 0 radical (unpaired) electrons. The Morgan fingerprint density at radius 3 is 2.45 bits per heavy atom. The number of carbonyl (C=O) groups excluding carboxylic acids is 1. The van der Waals surface area contributed by atoms with Crippen molar-refractivity contribution in [1.29, 1.82) is 0 Å². The second kappa shape index (κ2) is 8.71. The molecule has 0 aromatic heterocycles. The predicted molar refractivity (Wildman–Crippen MR) is 119 cm³/mol. The van der Waals surface area contributed by atoms with Gasteiger partial charge in [-0.25, -0.2) is 12.8 Å². The van der Waals surface area contributed by atoms with Crippen LogP contribution in [-0.2, 0) is 26.8 Å². The minimum Gasteiger partial charge on any atom is -0.352 e. The molecule has 0 saturated carbocycles. The number of rotatable bonds is 5. The molecule has 2 aromatic carbocycles. The summed E-state index contributed by atoms with van der Waals surface area (Å²) < 4.78 is 41.2. The molecule has 168 valence electrons. The maximum Gasteiger partial charge on any atom is 0.243 e. The van der Waals surface area contributed by atoms with E-state index in [1.807, 2.05) is 12.1 Å². The summed E-state index contributed by atoms with van der Waals surface area (Å²) in [7, 11) is -3.70. The molecule has 1 aliphatic rings. The lowest BCUT2D eigenvalue weighted by Crippen LogP contribution is -2.51. The Kier molecular flexibility index (Phi) is 6.58. The normalized spacial score (nSPS) is 20.4. The Bertz CT molecular complexity index is 1050. The van der Waals surface area contributed by atoms with Crippen molar-refractivity contribution in [1.82, 2.24) is 9.62 Å². The topological polar surface area (TPSA) is 66.5 Å². The first-order valence-electron chi connectivity index (χ1n) is 10.6. The van der Waals surface area contributed by atoms with E-state index < -0.39 is 15.4 Å². The number of sulfonamides is 1. The highest BCUT2D eigenvalue weighted by Gasteiger charge is 2.41. The molecule has 7 heteroatoms. The third kappa shape index (κ3) is 5.33. The summed E-state index contributed by atoms with van der Waals surface area (Å²) in [5.41, 5.74) is 0.818.